The average Bonchev–Trinajstić information content (AvgIpc) is 1.83. The van der Waals surface area contributed by atoms with Crippen molar-refractivity contribution in [2.24, 2.45) is 0 Å². The first-order valence-corrected chi connectivity index (χ1v) is 5.45. The number of rotatable bonds is 3. The second kappa shape index (κ2) is 4.32. The highest BCUT2D eigenvalue weighted by molar-refractivity contribution is 6.55. The minimum atomic E-state index is -0.430. The molecule has 0 aromatic rings. The van der Waals surface area contributed by atoms with Crippen LogP contribution >= 0.6 is 0 Å². The lowest BCUT2D eigenvalue weighted by atomic mass is 10.7. The van der Waals surface area contributed by atoms with Crippen molar-refractivity contribution in [3.8, 4) is 0 Å². The summed E-state index contributed by atoms with van der Waals surface area (Å²) in [6.45, 7) is 7.44. The molecule has 0 bridgehead atoms. The van der Waals surface area contributed by atoms with E-state index in [1.54, 1.807) is 0 Å². The minimum absolute atomic E-state index is 0.318. The van der Waals surface area contributed by atoms with E-state index < -0.39 is 8.80 Å². The van der Waals surface area contributed by atoms with E-state index in [1.165, 1.54) is 6.08 Å². The van der Waals surface area contributed by atoms with Crippen LogP contribution in [-0.2, 0) is 9.53 Å². The first kappa shape index (κ1) is 8.43. The fourth-order valence-corrected chi connectivity index (χ4v) is 0.705. The molecule has 0 N–H and O–H groups in total. The summed E-state index contributed by atoms with van der Waals surface area (Å²) in [4.78, 5) is 10.4. The Morgan fingerprint density at radius 3 is 2.67 bits per heavy atom. The van der Waals surface area contributed by atoms with Crippen LogP contribution in [-0.4, -0.2) is 21.0 Å². The van der Waals surface area contributed by atoms with Crippen LogP contribution in [0.2, 0.25) is 13.1 Å². The second-order valence-corrected chi connectivity index (χ2v) is 4.72. The highest BCUT2D eigenvalue weighted by Crippen LogP contribution is 1.83. The first-order chi connectivity index (χ1) is 4.16. The molecule has 3 heteroatoms. The summed E-state index contributed by atoms with van der Waals surface area (Å²) >= 11 is 0. The van der Waals surface area contributed by atoms with Crippen LogP contribution in [0.1, 0.15) is 0 Å². The molecule has 2 nitrogen and oxygen atoms in total. The molecule has 9 heavy (non-hydrogen) atoms. The maximum Gasteiger partial charge on any atom is 0.329 e. The summed E-state index contributed by atoms with van der Waals surface area (Å²) in [6, 6.07) is 0. The van der Waals surface area contributed by atoms with Crippen molar-refractivity contribution in [1.29, 1.82) is 0 Å². The monoisotopic (exact) mass is 143 g/mol. The predicted octanol–water partition coefficient (Wildman–Crippen LogP) is 1.01. The summed E-state index contributed by atoms with van der Waals surface area (Å²) < 4.78 is 4.74. The number of ether oxygens (including phenoxy) is 1. The number of carbonyl (C=O) groups excluding carboxylic acids is 1. The SMILES string of the molecule is C=CC(=O)OC[Si](C)C. The van der Waals surface area contributed by atoms with E-state index in [1.807, 2.05) is 0 Å². The smallest absolute Gasteiger partial charge is 0.329 e. The Morgan fingerprint density at radius 2 is 2.33 bits per heavy atom. The van der Waals surface area contributed by atoms with Crippen molar-refractivity contribution >= 4 is 14.8 Å². The van der Waals surface area contributed by atoms with E-state index in [0.29, 0.717) is 6.23 Å². The van der Waals surface area contributed by atoms with Crippen LogP contribution < -0.4 is 0 Å². The van der Waals surface area contributed by atoms with Crippen LogP contribution in [0.5, 0.6) is 0 Å². The van der Waals surface area contributed by atoms with Gasteiger partial charge in [0, 0.05) is 6.08 Å². The van der Waals surface area contributed by atoms with E-state index in [0.717, 1.165) is 0 Å². The second-order valence-electron chi connectivity index (χ2n) is 2.02. The third-order valence-electron chi connectivity index (χ3n) is 0.670. The lowest BCUT2D eigenvalue weighted by Crippen LogP contribution is -2.14. The average molecular weight is 143 g/mol. The van der Waals surface area contributed by atoms with E-state index in [4.69, 9.17) is 4.74 Å². The van der Waals surface area contributed by atoms with E-state index in [-0.39, 0.29) is 5.97 Å². The van der Waals surface area contributed by atoms with Gasteiger partial charge >= 0.3 is 5.97 Å². The number of carbonyl (C=O) groups is 1. The van der Waals surface area contributed by atoms with E-state index in [2.05, 4.69) is 19.7 Å². The molecule has 0 fully saturated rings. The third kappa shape index (κ3) is 5.30. The van der Waals surface area contributed by atoms with Crippen molar-refractivity contribution in [2.45, 2.75) is 13.1 Å². The summed E-state index contributed by atoms with van der Waals surface area (Å²) in [7, 11) is -0.430. The molecular formula is C6H11O2Si. The van der Waals surface area contributed by atoms with Crippen molar-refractivity contribution in [2.75, 3.05) is 6.23 Å². The predicted molar refractivity (Wildman–Crippen MR) is 38.6 cm³/mol. The molecule has 0 unspecified atom stereocenters. The lowest BCUT2D eigenvalue weighted by Gasteiger charge is -2.01. The summed E-state index contributed by atoms with van der Waals surface area (Å²) in [5.74, 6) is -0.318. The molecule has 0 saturated heterocycles. The van der Waals surface area contributed by atoms with Crippen LogP contribution in [0.4, 0.5) is 0 Å². The number of hydrogen-bond donors (Lipinski definition) is 0. The van der Waals surface area contributed by atoms with Gasteiger partial charge in [-0.05, 0) is 0 Å². The third-order valence-corrected chi connectivity index (χ3v) is 1.39. The fourth-order valence-electron chi connectivity index (χ4n) is 0.274. The highest BCUT2D eigenvalue weighted by Gasteiger charge is 1.98. The molecule has 0 aromatic heterocycles. The normalized spacial score (nSPS) is 9.22. The Labute approximate surface area is 57.1 Å². The first-order valence-electron chi connectivity index (χ1n) is 2.75. The Kier molecular flexibility index (Phi) is 4.04. The largest absolute Gasteiger partial charge is 0.467 e. The molecule has 51 valence electrons. The zero-order valence-corrected chi connectivity index (χ0v) is 6.81. The van der Waals surface area contributed by atoms with Gasteiger partial charge in [0.25, 0.3) is 0 Å². The molecular weight excluding hydrogens is 132 g/mol. The van der Waals surface area contributed by atoms with Gasteiger partial charge in [0.2, 0.25) is 0 Å². The summed E-state index contributed by atoms with van der Waals surface area (Å²) in [5.41, 5.74) is 0. The molecule has 0 rings (SSSR count). The molecule has 0 amide bonds. The van der Waals surface area contributed by atoms with Crippen LogP contribution in [0.3, 0.4) is 0 Å². The number of hydrogen-bond acceptors (Lipinski definition) is 2. The quantitative estimate of drug-likeness (QED) is 0.335. The van der Waals surface area contributed by atoms with E-state index in [9.17, 15) is 4.79 Å². The van der Waals surface area contributed by atoms with Gasteiger partial charge in [-0.2, -0.15) is 0 Å². The molecule has 0 spiro atoms. The van der Waals surface area contributed by atoms with Gasteiger partial charge in [0.05, 0.1) is 15.0 Å². The Hall–Kier alpha value is -0.573. The molecule has 0 heterocycles. The van der Waals surface area contributed by atoms with Gasteiger partial charge in [-0.1, -0.05) is 19.7 Å². The molecule has 0 aliphatic rings. The van der Waals surface area contributed by atoms with Crippen LogP contribution in [0.15, 0.2) is 12.7 Å². The molecule has 1 radical (unpaired) electrons. The van der Waals surface area contributed by atoms with Crippen molar-refractivity contribution < 1.29 is 9.53 Å². The molecule has 0 atom stereocenters. The highest BCUT2D eigenvalue weighted by atomic mass is 28.3. The van der Waals surface area contributed by atoms with E-state index >= 15 is 0 Å². The summed E-state index contributed by atoms with van der Waals surface area (Å²) in [6.07, 6.45) is 1.76. The standard InChI is InChI=1S/C6H11O2Si/c1-4-6(7)8-5-9(2)3/h4H,1,5H2,2-3H3. The van der Waals surface area contributed by atoms with Gasteiger partial charge in [-0.15, -0.1) is 0 Å². The van der Waals surface area contributed by atoms with Gasteiger partial charge in [-0.25, -0.2) is 4.79 Å². The van der Waals surface area contributed by atoms with Gasteiger partial charge in [0.15, 0.2) is 0 Å². The minimum Gasteiger partial charge on any atom is -0.467 e. The van der Waals surface area contributed by atoms with Crippen molar-refractivity contribution in [3.63, 3.8) is 0 Å². The topological polar surface area (TPSA) is 26.3 Å². The van der Waals surface area contributed by atoms with Gasteiger partial charge in [-0.3, -0.25) is 0 Å². The molecule has 0 aliphatic carbocycles. The Bertz CT molecular complexity index is 110. The zero-order chi connectivity index (χ0) is 7.28. The molecule has 0 saturated carbocycles. The van der Waals surface area contributed by atoms with Gasteiger partial charge in [0.1, 0.15) is 0 Å². The maximum atomic E-state index is 10.4. The summed E-state index contributed by atoms with van der Waals surface area (Å²) in [5, 5.41) is 0. The van der Waals surface area contributed by atoms with Crippen LogP contribution in [0, 0.1) is 0 Å². The van der Waals surface area contributed by atoms with Gasteiger partial charge < -0.3 is 4.74 Å². The fraction of sp³-hybridized carbons (Fsp3) is 0.500. The van der Waals surface area contributed by atoms with Crippen molar-refractivity contribution in [1.82, 2.24) is 0 Å². The molecule has 0 aliphatic heterocycles. The lowest BCUT2D eigenvalue weighted by molar-refractivity contribution is -0.135. The zero-order valence-electron chi connectivity index (χ0n) is 5.81. The maximum absolute atomic E-state index is 10.4. The van der Waals surface area contributed by atoms with Crippen molar-refractivity contribution in [3.05, 3.63) is 12.7 Å². The Morgan fingerprint density at radius 1 is 1.78 bits per heavy atom. The Balaban J connectivity index is 3.27. The number of esters is 1. The molecule has 0 aromatic carbocycles. The van der Waals surface area contributed by atoms with Crippen LogP contribution in [0.25, 0.3) is 0 Å².